The second-order valence-corrected chi connectivity index (χ2v) is 6.76. The maximum atomic E-state index is 12.3. The minimum absolute atomic E-state index is 0.00782. The number of imidazole rings is 1. The molecule has 112 valence electrons. The van der Waals surface area contributed by atoms with Gasteiger partial charge in [0.1, 0.15) is 0 Å². The van der Waals surface area contributed by atoms with Crippen LogP contribution in [0.15, 0.2) is 12.5 Å². The van der Waals surface area contributed by atoms with E-state index in [1.165, 1.54) is 5.69 Å². The molecule has 0 saturated heterocycles. The number of aryl methyl sites for hydroxylation is 1. The molecular weight excluding hydrogens is 254 g/mol. The average Bonchev–Trinajstić information content (AvgIpc) is 2.84. The minimum Gasteiger partial charge on any atom is -0.396 e. The van der Waals surface area contributed by atoms with Gasteiger partial charge in [0.05, 0.1) is 12.2 Å². The van der Waals surface area contributed by atoms with Crippen molar-refractivity contribution in [1.82, 2.24) is 14.9 Å². The maximum Gasteiger partial charge on any atom is 0.224 e. The molecule has 1 amide bonds. The molecule has 1 aliphatic rings. The van der Waals surface area contributed by atoms with Gasteiger partial charge >= 0.3 is 0 Å². The summed E-state index contributed by atoms with van der Waals surface area (Å²) < 4.78 is 2.06. The summed E-state index contributed by atoms with van der Waals surface area (Å²) in [6, 6.07) is 0. The van der Waals surface area contributed by atoms with E-state index >= 15 is 0 Å². The molecule has 0 aliphatic carbocycles. The van der Waals surface area contributed by atoms with Crippen LogP contribution < -0.4 is 5.32 Å². The molecule has 2 atom stereocenters. The number of aliphatic hydroxyl groups excluding tert-OH is 1. The SMILES string of the molecule is CC(C)(C)C(CO)CNC(=O)C1CCc2cncn2C1. The monoisotopic (exact) mass is 279 g/mol. The van der Waals surface area contributed by atoms with Crippen LogP contribution in [0.25, 0.3) is 0 Å². The van der Waals surface area contributed by atoms with Crippen molar-refractivity contribution < 1.29 is 9.90 Å². The van der Waals surface area contributed by atoms with Crippen LogP contribution in [0.3, 0.4) is 0 Å². The van der Waals surface area contributed by atoms with Gasteiger partial charge in [0.25, 0.3) is 0 Å². The first-order valence-electron chi connectivity index (χ1n) is 7.29. The van der Waals surface area contributed by atoms with Crippen molar-refractivity contribution in [3.8, 4) is 0 Å². The van der Waals surface area contributed by atoms with Crippen molar-refractivity contribution in [2.24, 2.45) is 17.3 Å². The summed E-state index contributed by atoms with van der Waals surface area (Å²) >= 11 is 0. The van der Waals surface area contributed by atoms with Gasteiger partial charge in [-0.1, -0.05) is 20.8 Å². The van der Waals surface area contributed by atoms with Gasteiger partial charge in [-0.15, -0.1) is 0 Å². The van der Waals surface area contributed by atoms with E-state index in [1.54, 1.807) is 6.33 Å². The minimum atomic E-state index is -0.00782. The lowest BCUT2D eigenvalue weighted by Gasteiger charge is -2.30. The van der Waals surface area contributed by atoms with Crippen LogP contribution in [-0.4, -0.2) is 33.7 Å². The second kappa shape index (κ2) is 5.95. The highest BCUT2D eigenvalue weighted by Gasteiger charge is 2.27. The van der Waals surface area contributed by atoms with Crippen molar-refractivity contribution in [2.45, 2.75) is 40.2 Å². The number of nitrogens with one attached hydrogen (secondary N) is 1. The van der Waals surface area contributed by atoms with Crippen LogP contribution in [0.1, 0.15) is 32.9 Å². The van der Waals surface area contributed by atoms with Gasteiger partial charge in [-0.2, -0.15) is 0 Å². The number of carbonyl (C=O) groups excluding carboxylic acids is 1. The first-order valence-corrected chi connectivity index (χ1v) is 7.29. The van der Waals surface area contributed by atoms with Gasteiger partial charge in [0, 0.05) is 37.5 Å². The molecule has 0 bridgehead atoms. The number of aromatic nitrogens is 2. The molecule has 2 unspecified atom stereocenters. The Balaban J connectivity index is 1.87. The van der Waals surface area contributed by atoms with Crippen molar-refractivity contribution in [3.05, 3.63) is 18.2 Å². The summed E-state index contributed by atoms with van der Waals surface area (Å²) in [4.78, 5) is 16.4. The molecule has 5 nitrogen and oxygen atoms in total. The number of hydrogen-bond donors (Lipinski definition) is 2. The third kappa shape index (κ3) is 3.39. The second-order valence-electron chi connectivity index (χ2n) is 6.76. The lowest BCUT2D eigenvalue weighted by Crippen LogP contribution is -2.41. The number of rotatable bonds is 4. The fourth-order valence-corrected chi connectivity index (χ4v) is 2.60. The highest BCUT2D eigenvalue weighted by Crippen LogP contribution is 2.25. The van der Waals surface area contributed by atoms with Gasteiger partial charge in [-0.05, 0) is 18.3 Å². The molecule has 5 heteroatoms. The largest absolute Gasteiger partial charge is 0.396 e. The quantitative estimate of drug-likeness (QED) is 0.870. The predicted octanol–water partition coefficient (Wildman–Crippen LogP) is 1.22. The molecule has 2 rings (SSSR count). The number of aliphatic hydroxyl groups is 1. The van der Waals surface area contributed by atoms with E-state index < -0.39 is 0 Å². The van der Waals surface area contributed by atoms with E-state index in [0.29, 0.717) is 13.1 Å². The number of fused-ring (bicyclic) bond motifs is 1. The first-order chi connectivity index (χ1) is 9.41. The molecule has 0 radical (unpaired) electrons. The highest BCUT2D eigenvalue weighted by atomic mass is 16.3. The molecule has 0 spiro atoms. The average molecular weight is 279 g/mol. The Kier molecular flexibility index (Phi) is 4.48. The van der Waals surface area contributed by atoms with Crippen LogP contribution in [0, 0.1) is 17.3 Å². The standard InChI is InChI=1S/C15H25N3O2/c1-15(2,3)12(9-19)6-17-14(20)11-4-5-13-7-16-10-18(13)8-11/h7,10-12,19H,4-6,8-9H2,1-3H3,(H,17,20). The van der Waals surface area contributed by atoms with Crippen molar-refractivity contribution >= 4 is 5.91 Å². The van der Waals surface area contributed by atoms with Crippen molar-refractivity contribution in [1.29, 1.82) is 0 Å². The van der Waals surface area contributed by atoms with E-state index in [4.69, 9.17) is 0 Å². The van der Waals surface area contributed by atoms with Crippen molar-refractivity contribution in [2.75, 3.05) is 13.2 Å². The Morgan fingerprint density at radius 3 is 3.00 bits per heavy atom. The Labute approximate surface area is 120 Å². The van der Waals surface area contributed by atoms with E-state index in [0.717, 1.165) is 12.8 Å². The zero-order chi connectivity index (χ0) is 14.8. The van der Waals surface area contributed by atoms with Gasteiger partial charge < -0.3 is 15.0 Å². The summed E-state index contributed by atoms with van der Waals surface area (Å²) in [7, 11) is 0. The molecular formula is C15H25N3O2. The molecule has 0 fully saturated rings. The summed E-state index contributed by atoms with van der Waals surface area (Å²) in [6.07, 6.45) is 5.44. The Hall–Kier alpha value is -1.36. The third-order valence-electron chi connectivity index (χ3n) is 4.30. The van der Waals surface area contributed by atoms with E-state index in [2.05, 4.69) is 35.6 Å². The zero-order valence-corrected chi connectivity index (χ0v) is 12.6. The summed E-state index contributed by atoms with van der Waals surface area (Å²) in [5.41, 5.74) is 1.20. The number of hydrogen-bond acceptors (Lipinski definition) is 3. The normalized spacial score (nSPS) is 20.3. The zero-order valence-electron chi connectivity index (χ0n) is 12.6. The predicted molar refractivity (Wildman–Crippen MR) is 77.1 cm³/mol. The van der Waals surface area contributed by atoms with Crippen LogP contribution in [-0.2, 0) is 17.8 Å². The van der Waals surface area contributed by atoms with Crippen LogP contribution >= 0.6 is 0 Å². The molecule has 2 N–H and O–H groups in total. The van der Waals surface area contributed by atoms with E-state index in [-0.39, 0.29) is 29.8 Å². The molecule has 2 heterocycles. The van der Waals surface area contributed by atoms with Crippen LogP contribution in [0.4, 0.5) is 0 Å². The third-order valence-corrected chi connectivity index (χ3v) is 4.30. The topological polar surface area (TPSA) is 67.2 Å². The lowest BCUT2D eigenvalue weighted by atomic mass is 9.81. The van der Waals surface area contributed by atoms with Crippen LogP contribution in [0.5, 0.6) is 0 Å². The van der Waals surface area contributed by atoms with Gasteiger partial charge in [-0.3, -0.25) is 4.79 Å². The Morgan fingerprint density at radius 1 is 1.60 bits per heavy atom. The molecule has 1 aromatic heterocycles. The first kappa shape index (κ1) is 15.0. The lowest BCUT2D eigenvalue weighted by molar-refractivity contribution is -0.126. The molecule has 1 aliphatic heterocycles. The Morgan fingerprint density at radius 2 is 2.35 bits per heavy atom. The smallest absolute Gasteiger partial charge is 0.224 e. The molecule has 0 aromatic carbocycles. The fraction of sp³-hybridized carbons (Fsp3) is 0.733. The number of carbonyl (C=O) groups is 1. The maximum absolute atomic E-state index is 12.3. The number of amides is 1. The number of nitrogens with zero attached hydrogens (tertiary/aromatic N) is 2. The highest BCUT2D eigenvalue weighted by molar-refractivity contribution is 5.78. The Bertz CT molecular complexity index is 462. The van der Waals surface area contributed by atoms with Crippen molar-refractivity contribution in [3.63, 3.8) is 0 Å². The molecule has 1 aromatic rings. The fourth-order valence-electron chi connectivity index (χ4n) is 2.60. The summed E-state index contributed by atoms with van der Waals surface area (Å²) in [6.45, 7) is 7.59. The molecule has 20 heavy (non-hydrogen) atoms. The van der Waals surface area contributed by atoms with Crippen LogP contribution in [0.2, 0.25) is 0 Å². The van der Waals surface area contributed by atoms with Gasteiger partial charge in [0.15, 0.2) is 0 Å². The van der Waals surface area contributed by atoms with E-state index in [9.17, 15) is 9.90 Å². The summed E-state index contributed by atoms with van der Waals surface area (Å²) in [5, 5.41) is 12.4. The molecule has 0 saturated carbocycles. The van der Waals surface area contributed by atoms with Gasteiger partial charge in [0.2, 0.25) is 5.91 Å². The van der Waals surface area contributed by atoms with Gasteiger partial charge in [-0.25, -0.2) is 4.98 Å². The summed E-state index contributed by atoms with van der Waals surface area (Å²) in [5.74, 6) is 0.182. The van der Waals surface area contributed by atoms with E-state index in [1.807, 2.05) is 6.20 Å².